The molecule has 3 aromatic rings. The monoisotopic (exact) mass is 428 g/mol. The minimum atomic E-state index is -4.08. The number of nitrogens with zero attached hydrogens (tertiary/aromatic N) is 4. The van der Waals surface area contributed by atoms with Crippen LogP contribution < -0.4 is 9.04 Å². The van der Waals surface area contributed by atoms with Gasteiger partial charge in [0.2, 0.25) is 5.82 Å². The third-order valence-corrected chi connectivity index (χ3v) is 6.20. The molecule has 0 saturated carbocycles. The average molecular weight is 429 g/mol. The van der Waals surface area contributed by atoms with Crippen molar-refractivity contribution in [1.82, 2.24) is 15.0 Å². The van der Waals surface area contributed by atoms with Crippen LogP contribution in [0.25, 0.3) is 0 Å². The lowest BCUT2D eigenvalue weighted by atomic mass is 9.99. The number of hydrogen-bond acceptors (Lipinski definition) is 7. The highest BCUT2D eigenvalue weighted by atomic mass is 32.2. The number of sulfonamides is 1. The number of anilines is 2. The molecule has 0 aliphatic carbocycles. The number of rotatable bonds is 7. The van der Waals surface area contributed by atoms with Crippen LogP contribution >= 0.6 is 0 Å². The summed E-state index contributed by atoms with van der Waals surface area (Å²) >= 11 is 0. The van der Waals surface area contributed by atoms with Crippen molar-refractivity contribution < 1.29 is 18.3 Å². The molecule has 1 unspecified atom stereocenters. The summed E-state index contributed by atoms with van der Waals surface area (Å²) in [6, 6.07) is 9.64. The molecule has 0 aliphatic rings. The van der Waals surface area contributed by atoms with Crippen LogP contribution in [-0.4, -0.2) is 35.6 Å². The number of benzene rings is 1. The van der Waals surface area contributed by atoms with E-state index in [0.29, 0.717) is 16.9 Å². The predicted octanol–water partition coefficient (Wildman–Crippen LogP) is 3.41. The lowest BCUT2D eigenvalue weighted by Crippen LogP contribution is -2.28. The van der Waals surface area contributed by atoms with E-state index in [9.17, 15) is 13.5 Å². The van der Waals surface area contributed by atoms with Gasteiger partial charge < -0.3 is 9.84 Å². The van der Waals surface area contributed by atoms with Gasteiger partial charge in [-0.2, -0.15) is 0 Å². The van der Waals surface area contributed by atoms with Crippen LogP contribution in [0.15, 0.2) is 59.9 Å². The number of aromatic nitrogens is 3. The molecule has 158 valence electrons. The van der Waals surface area contributed by atoms with Gasteiger partial charge in [-0.05, 0) is 42.7 Å². The molecule has 0 saturated heterocycles. The molecule has 0 amide bonds. The molecule has 2 heterocycles. The minimum Gasteiger partial charge on any atom is -0.478 e. The molecule has 0 aliphatic heterocycles. The largest absolute Gasteiger partial charge is 0.478 e. The maximum atomic E-state index is 13.5. The third-order valence-electron chi connectivity index (χ3n) is 4.50. The van der Waals surface area contributed by atoms with E-state index in [2.05, 4.69) is 15.0 Å². The van der Waals surface area contributed by atoms with E-state index in [-0.39, 0.29) is 22.5 Å². The van der Waals surface area contributed by atoms with Gasteiger partial charge in [-0.25, -0.2) is 22.7 Å². The number of aliphatic hydroxyl groups is 1. The second-order valence-electron chi connectivity index (χ2n) is 7.08. The van der Waals surface area contributed by atoms with Crippen LogP contribution in [0.3, 0.4) is 0 Å². The second-order valence-corrected chi connectivity index (χ2v) is 8.87. The Kier molecular flexibility index (Phi) is 6.33. The first kappa shape index (κ1) is 21.7. The third kappa shape index (κ3) is 4.27. The SMILES string of the molecule is COc1nc(C)cnc1N(c1ccc(C(O)C(C)C)cc1)S(=O)(=O)c1cccnc1. The molecular formula is C21H24N4O4S. The highest BCUT2D eigenvalue weighted by Gasteiger charge is 2.31. The molecule has 2 aromatic heterocycles. The number of aliphatic hydroxyl groups excluding tert-OH is 1. The Bertz CT molecular complexity index is 1100. The molecule has 9 heteroatoms. The van der Waals surface area contributed by atoms with Crippen molar-refractivity contribution in [2.45, 2.75) is 31.8 Å². The van der Waals surface area contributed by atoms with Gasteiger partial charge in [0.15, 0.2) is 0 Å². The second kappa shape index (κ2) is 8.76. The first-order valence-corrected chi connectivity index (χ1v) is 10.8. The van der Waals surface area contributed by atoms with E-state index in [0.717, 1.165) is 4.31 Å². The number of ether oxygens (including phenoxy) is 1. The molecule has 1 atom stereocenters. The van der Waals surface area contributed by atoms with Gasteiger partial charge in [-0.3, -0.25) is 4.98 Å². The van der Waals surface area contributed by atoms with Gasteiger partial charge in [0.1, 0.15) is 4.90 Å². The summed E-state index contributed by atoms with van der Waals surface area (Å²) in [6.45, 7) is 5.55. The van der Waals surface area contributed by atoms with Crippen molar-refractivity contribution in [1.29, 1.82) is 0 Å². The highest BCUT2D eigenvalue weighted by Crippen LogP contribution is 2.36. The van der Waals surface area contributed by atoms with E-state index in [1.165, 1.54) is 31.8 Å². The number of aryl methyl sites for hydroxylation is 1. The van der Waals surface area contributed by atoms with Gasteiger partial charge in [0.25, 0.3) is 15.9 Å². The van der Waals surface area contributed by atoms with Gasteiger partial charge in [0, 0.05) is 12.4 Å². The topological polar surface area (TPSA) is 106 Å². The molecule has 3 rings (SSSR count). The van der Waals surface area contributed by atoms with E-state index in [1.54, 1.807) is 37.3 Å². The minimum absolute atomic E-state index is 0.000666. The normalized spacial score (nSPS) is 12.6. The first-order valence-electron chi connectivity index (χ1n) is 9.36. The summed E-state index contributed by atoms with van der Waals surface area (Å²) in [7, 11) is -2.67. The fourth-order valence-corrected chi connectivity index (χ4v) is 4.30. The molecule has 30 heavy (non-hydrogen) atoms. The molecule has 0 spiro atoms. The van der Waals surface area contributed by atoms with Crippen LogP contribution in [0.4, 0.5) is 11.5 Å². The smallest absolute Gasteiger partial charge is 0.271 e. The number of hydrogen-bond donors (Lipinski definition) is 1. The molecule has 1 N–H and O–H groups in total. The van der Waals surface area contributed by atoms with Crippen LogP contribution in [0, 0.1) is 12.8 Å². The molecular weight excluding hydrogens is 404 g/mol. The average Bonchev–Trinajstić information content (AvgIpc) is 2.75. The predicted molar refractivity (Wildman–Crippen MR) is 113 cm³/mol. The van der Waals surface area contributed by atoms with Crippen LogP contribution in [0.2, 0.25) is 0 Å². The van der Waals surface area contributed by atoms with Crippen LogP contribution in [-0.2, 0) is 10.0 Å². The van der Waals surface area contributed by atoms with Crippen LogP contribution in [0.5, 0.6) is 5.88 Å². The van der Waals surface area contributed by atoms with Crippen molar-refractivity contribution in [3.8, 4) is 5.88 Å². The van der Waals surface area contributed by atoms with Crippen LogP contribution in [0.1, 0.15) is 31.2 Å². The summed E-state index contributed by atoms with van der Waals surface area (Å²) in [5.74, 6) is 0.131. The fourth-order valence-electron chi connectivity index (χ4n) is 2.90. The molecule has 0 bridgehead atoms. The Labute approximate surface area is 176 Å². The lowest BCUT2D eigenvalue weighted by molar-refractivity contribution is 0.127. The zero-order valence-electron chi connectivity index (χ0n) is 17.2. The summed E-state index contributed by atoms with van der Waals surface area (Å²) in [5.41, 5.74) is 1.61. The van der Waals surface area contributed by atoms with Crippen molar-refractivity contribution >= 4 is 21.5 Å². The van der Waals surface area contributed by atoms with Gasteiger partial charge >= 0.3 is 0 Å². The number of methoxy groups -OCH3 is 1. The zero-order chi connectivity index (χ0) is 21.9. The van der Waals surface area contributed by atoms with Crippen molar-refractivity contribution in [3.05, 3.63) is 66.2 Å². The molecule has 0 fully saturated rings. The fraction of sp³-hybridized carbons (Fsp3) is 0.286. The summed E-state index contributed by atoms with van der Waals surface area (Å²) in [5, 5.41) is 10.3. The Morgan fingerprint density at radius 1 is 1.10 bits per heavy atom. The maximum absolute atomic E-state index is 13.5. The van der Waals surface area contributed by atoms with Gasteiger partial charge in [-0.1, -0.05) is 26.0 Å². The molecule has 1 aromatic carbocycles. The Hall–Kier alpha value is -3.04. The lowest BCUT2D eigenvalue weighted by Gasteiger charge is -2.25. The Morgan fingerprint density at radius 2 is 1.80 bits per heavy atom. The number of pyridine rings is 1. The van der Waals surface area contributed by atoms with Gasteiger partial charge in [0.05, 0.1) is 30.8 Å². The quantitative estimate of drug-likeness (QED) is 0.615. The Balaban J connectivity index is 2.19. The highest BCUT2D eigenvalue weighted by molar-refractivity contribution is 7.93. The van der Waals surface area contributed by atoms with Gasteiger partial charge in [-0.15, -0.1) is 0 Å². The first-order chi connectivity index (χ1) is 14.3. The van der Waals surface area contributed by atoms with E-state index in [1.807, 2.05) is 13.8 Å². The van der Waals surface area contributed by atoms with Crippen molar-refractivity contribution in [3.63, 3.8) is 0 Å². The van der Waals surface area contributed by atoms with E-state index in [4.69, 9.17) is 4.74 Å². The van der Waals surface area contributed by atoms with Crippen molar-refractivity contribution in [2.75, 3.05) is 11.4 Å². The van der Waals surface area contributed by atoms with Crippen molar-refractivity contribution in [2.24, 2.45) is 5.92 Å². The standard InChI is InChI=1S/C21H24N4O4S/c1-14(2)19(26)16-7-9-17(10-8-16)25(20-21(29-4)24-15(3)12-23-20)30(27,28)18-6-5-11-22-13-18/h5-14,19,26H,1-4H3. The zero-order valence-corrected chi connectivity index (χ0v) is 18.0. The van der Waals surface area contributed by atoms with E-state index >= 15 is 0 Å². The molecule has 8 nitrogen and oxygen atoms in total. The molecule has 0 radical (unpaired) electrons. The van der Waals surface area contributed by atoms with E-state index < -0.39 is 16.1 Å². The summed E-state index contributed by atoms with van der Waals surface area (Å²) in [4.78, 5) is 12.5. The Morgan fingerprint density at radius 3 is 2.37 bits per heavy atom. The summed E-state index contributed by atoms with van der Waals surface area (Å²) < 4.78 is 33.4. The maximum Gasteiger partial charge on any atom is 0.271 e. The summed E-state index contributed by atoms with van der Waals surface area (Å²) in [6.07, 6.45) is 3.59.